The SMILES string of the molecule is COc1ccc(Nc2c(-c3ccc(OC)c(OC)c3)nc3cnccn23)cc1OC. The van der Waals surface area contributed by atoms with Gasteiger partial charge in [-0.25, -0.2) is 4.98 Å². The van der Waals surface area contributed by atoms with Crippen molar-refractivity contribution in [1.29, 1.82) is 0 Å². The van der Waals surface area contributed by atoms with Crippen LogP contribution in [-0.2, 0) is 0 Å². The fourth-order valence-corrected chi connectivity index (χ4v) is 3.26. The first-order chi connectivity index (χ1) is 14.7. The molecule has 0 aliphatic carbocycles. The van der Waals surface area contributed by atoms with Gasteiger partial charge in [0.2, 0.25) is 0 Å². The molecule has 0 bridgehead atoms. The second-order valence-corrected chi connectivity index (χ2v) is 6.38. The fraction of sp³-hybridized carbons (Fsp3) is 0.182. The number of aromatic nitrogens is 3. The standard InChI is InChI=1S/C22H22N4O4/c1-27-16-7-5-14(11-18(16)29-3)21-22(26-10-9-23-13-20(26)25-21)24-15-6-8-17(28-2)19(12-15)30-4/h5-13,24H,1-4H3. The molecular formula is C22H22N4O4. The minimum atomic E-state index is 0.627. The van der Waals surface area contributed by atoms with Gasteiger partial charge in [0.05, 0.1) is 34.6 Å². The molecule has 2 heterocycles. The third-order valence-electron chi connectivity index (χ3n) is 4.73. The van der Waals surface area contributed by atoms with E-state index in [0.29, 0.717) is 28.6 Å². The van der Waals surface area contributed by atoms with E-state index in [4.69, 9.17) is 23.9 Å². The molecule has 2 aromatic carbocycles. The summed E-state index contributed by atoms with van der Waals surface area (Å²) in [7, 11) is 6.43. The number of nitrogens with one attached hydrogen (secondary N) is 1. The Morgan fingerprint density at radius 2 is 1.47 bits per heavy atom. The lowest BCUT2D eigenvalue weighted by Gasteiger charge is -2.13. The number of hydrogen-bond donors (Lipinski definition) is 1. The first-order valence-corrected chi connectivity index (χ1v) is 9.22. The Kier molecular flexibility index (Phi) is 5.30. The Bertz CT molecular complexity index is 1190. The number of anilines is 2. The largest absolute Gasteiger partial charge is 0.493 e. The Balaban J connectivity index is 1.84. The summed E-state index contributed by atoms with van der Waals surface area (Å²) in [4.78, 5) is 8.96. The van der Waals surface area contributed by atoms with Crippen molar-refractivity contribution in [2.24, 2.45) is 0 Å². The van der Waals surface area contributed by atoms with Gasteiger partial charge < -0.3 is 24.3 Å². The molecule has 0 saturated carbocycles. The third-order valence-corrected chi connectivity index (χ3v) is 4.73. The Morgan fingerprint density at radius 3 is 2.17 bits per heavy atom. The molecule has 0 spiro atoms. The molecule has 30 heavy (non-hydrogen) atoms. The molecule has 0 amide bonds. The van der Waals surface area contributed by atoms with E-state index < -0.39 is 0 Å². The maximum absolute atomic E-state index is 5.46. The monoisotopic (exact) mass is 406 g/mol. The predicted octanol–water partition coefficient (Wildman–Crippen LogP) is 4.17. The number of imidazole rings is 1. The van der Waals surface area contributed by atoms with Crippen LogP contribution in [0.15, 0.2) is 55.0 Å². The van der Waals surface area contributed by atoms with Gasteiger partial charge in [0.25, 0.3) is 0 Å². The van der Waals surface area contributed by atoms with Crippen molar-refractivity contribution in [3.8, 4) is 34.3 Å². The Morgan fingerprint density at radius 1 is 0.800 bits per heavy atom. The molecule has 2 aromatic heterocycles. The molecule has 4 aromatic rings. The number of rotatable bonds is 7. The van der Waals surface area contributed by atoms with Crippen LogP contribution < -0.4 is 24.3 Å². The van der Waals surface area contributed by atoms with E-state index in [0.717, 1.165) is 22.8 Å². The quantitative estimate of drug-likeness (QED) is 0.493. The van der Waals surface area contributed by atoms with Crippen molar-refractivity contribution in [3.05, 3.63) is 55.0 Å². The predicted molar refractivity (Wildman–Crippen MR) is 114 cm³/mol. The highest BCUT2D eigenvalue weighted by atomic mass is 16.5. The van der Waals surface area contributed by atoms with Gasteiger partial charge in [0.15, 0.2) is 28.6 Å². The molecule has 154 valence electrons. The van der Waals surface area contributed by atoms with Crippen LogP contribution >= 0.6 is 0 Å². The fourth-order valence-electron chi connectivity index (χ4n) is 3.26. The van der Waals surface area contributed by atoms with Crippen LogP contribution in [0.3, 0.4) is 0 Å². The van der Waals surface area contributed by atoms with E-state index in [1.807, 2.05) is 47.0 Å². The Labute approximate surface area is 174 Å². The number of methoxy groups -OCH3 is 4. The van der Waals surface area contributed by atoms with Gasteiger partial charge in [-0.05, 0) is 30.3 Å². The van der Waals surface area contributed by atoms with Crippen molar-refractivity contribution < 1.29 is 18.9 Å². The van der Waals surface area contributed by atoms with E-state index in [-0.39, 0.29) is 0 Å². The highest BCUT2D eigenvalue weighted by Gasteiger charge is 2.17. The smallest absolute Gasteiger partial charge is 0.162 e. The van der Waals surface area contributed by atoms with Crippen LogP contribution in [0, 0.1) is 0 Å². The maximum Gasteiger partial charge on any atom is 0.162 e. The minimum Gasteiger partial charge on any atom is -0.493 e. The number of hydrogen-bond acceptors (Lipinski definition) is 7. The molecule has 0 aliphatic rings. The van der Waals surface area contributed by atoms with Crippen molar-refractivity contribution in [2.45, 2.75) is 0 Å². The van der Waals surface area contributed by atoms with E-state index in [1.165, 1.54) is 0 Å². The normalized spacial score (nSPS) is 10.7. The molecule has 8 heteroatoms. The first-order valence-electron chi connectivity index (χ1n) is 9.22. The molecule has 0 atom stereocenters. The lowest BCUT2D eigenvalue weighted by Crippen LogP contribution is -1.99. The van der Waals surface area contributed by atoms with E-state index in [1.54, 1.807) is 40.8 Å². The van der Waals surface area contributed by atoms with Crippen LogP contribution in [0.25, 0.3) is 16.9 Å². The zero-order chi connectivity index (χ0) is 21.1. The lowest BCUT2D eigenvalue weighted by atomic mass is 10.1. The van der Waals surface area contributed by atoms with Gasteiger partial charge in [0, 0.05) is 29.7 Å². The molecule has 0 radical (unpaired) electrons. The van der Waals surface area contributed by atoms with Gasteiger partial charge in [0.1, 0.15) is 11.5 Å². The zero-order valence-corrected chi connectivity index (χ0v) is 17.2. The van der Waals surface area contributed by atoms with E-state index >= 15 is 0 Å². The summed E-state index contributed by atoms with van der Waals surface area (Å²) in [6.07, 6.45) is 5.28. The topological polar surface area (TPSA) is 79.1 Å². The van der Waals surface area contributed by atoms with Gasteiger partial charge in [-0.3, -0.25) is 9.38 Å². The van der Waals surface area contributed by atoms with Gasteiger partial charge in [-0.1, -0.05) is 0 Å². The van der Waals surface area contributed by atoms with Crippen LogP contribution in [0.4, 0.5) is 11.5 Å². The van der Waals surface area contributed by atoms with Gasteiger partial charge in [-0.15, -0.1) is 0 Å². The van der Waals surface area contributed by atoms with Crippen LogP contribution in [0.1, 0.15) is 0 Å². The van der Waals surface area contributed by atoms with Crippen molar-refractivity contribution in [1.82, 2.24) is 14.4 Å². The third kappa shape index (κ3) is 3.43. The second kappa shape index (κ2) is 8.20. The summed E-state index contributed by atoms with van der Waals surface area (Å²) in [5, 5.41) is 3.45. The molecule has 0 fully saturated rings. The number of fused-ring (bicyclic) bond motifs is 1. The maximum atomic E-state index is 5.46. The second-order valence-electron chi connectivity index (χ2n) is 6.38. The summed E-state index contributed by atoms with van der Waals surface area (Å²) in [6.45, 7) is 0. The average Bonchev–Trinajstić information content (AvgIpc) is 3.16. The number of benzene rings is 2. The van der Waals surface area contributed by atoms with E-state index in [9.17, 15) is 0 Å². The molecular weight excluding hydrogens is 384 g/mol. The Hall–Kier alpha value is -3.94. The number of ether oxygens (including phenoxy) is 4. The summed E-state index contributed by atoms with van der Waals surface area (Å²) in [5.41, 5.74) is 3.16. The molecule has 1 N–H and O–H groups in total. The molecule has 0 saturated heterocycles. The molecule has 4 rings (SSSR count). The van der Waals surface area contributed by atoms with Crippen molar-refractivity contribution in [3.63, 3.8) is 0 Å². The van der Waals surface area contributed by atoms with Gasteiger partial charge in [-0.2, -0.15) is 0 Å². The summed E-state index contributed by atoms with van der Waals surface area (Å²) in [6, 6.07) is 11.3. The van der Waals surface area contributed by atoms with Crippen LogP contribution in [0.5, 0.6) is 23.0 Å². The highest BCUT2D eigenvalue weighted by Crippen LogP contribution is 2.37. The lowest BCUT2D eigenvalue weighted by molar-refractivity contribution is 0.355. The number of nitrogens with zero attached hydrogens (tertiary/aromatic N) is 3. The zero-order valence-electron chi connectivity index (χ0n) is 17.2. The van der Waals surface area contributed by atoms with Crippen LogP contribution in [0.2, 0.25) is 0 Å². The molecule has 0 aliphatic heterocycles. The summed E-state index contributed by atoms with van der Waals surface area (Å²) >= 11 is 0. The average molecular weight is 406 g/mol. The van der Waals surface area contributed by atoms with E-state index in [2.05, 4.69) is 10.3 Å². The van der Waals surface area contributed by atoms with Crippen LogP contribution in [-0.4, -0.2) is 42.8 Å². The molecule has 0 unspecified atom stereocenters. The summed E-state index contributed by atoms with van der Waals surface area (Å²) < 4.78 is 23.5. The molecule has 8 nitrogen and oxygen atoms in total. The van der Waals surface area contributed by atoms with Crippen molar-refractivity contribution >= 4 is 17.2 Å². The van der Waals surface area contributed by atoms with Crippen molar-refractivity contribution in [2.75, 3.05) is 33.8 Å². The first kappa shape index (κ1) is 19.4. The highest BCUT2D eigenvalue weighted by molar-refractivity contribution is 5.81. The van der Waals surface area contributed by atoms with Gasteiger partial charge >= 0.3 is 0 Å². The minimum absolute atomic E-state index is 0.627. The summed E-state index contributed by atoms with van der Waals surface area (Å²) in [5.74, 6) is 3.35.